The van der Waals surface area contributed by atoms with Gasteiger partial charge >= 0.3 is 12.4 Å². The van der Waals surface area contributed by atoms with Gasteiger partial charge in [-0.2, -0.15) is 26.3 Å². The van der Waals surface area contributed by atoms with E-state index in [4.69, 9.17) is 4.78 Å². The number of hydrogen-bond acceptors (Lipinski definition) is 5. The molecule has 4 aromatic rings. The molecule has 3 aromatic heterocycles. The van der Waals surface area contributed by atoms with Crippen LogP contribution in [0.25, 0.3) is 33.5 Å². The number of nitrogens with zero attached hydrogens (tertiary/aromatic N) is 5. The molecule has 0 radical (unpaired) electrons. The zero-order valence-corrected chi connectivity index (χ0v) is 20.9. The number of hydrogen-bond donors (Lipinski definition) is 1. The van der Waals surface area contributed by atoms with E-state index < -0.39 is 39.2 Å². The predicted molar refractivity (Wildman–Crippen MR) is 125 cm³/mol. The van der Waals surface area contributed by atoms with Crippen molar-refractivity contribution in [1.29, 1.82) is 4.78 Å². The standard InChI is InChI=1S/C22H22F6N6O2S/c1-5-33-14-10-15(37(29,36)7-3)11(8-12(14)31-20(33)22(26,27)28)18-30-13-9-16(21(23,24)25)34(6-2)19(35)17(13)32(18)4/h8-10,29H,5-7H2,1-4H3. The van der Waals surface area contributed by atoms with Crippen molar-refractivity contribution in [2.24, 2.45) is 7.05 Å². The third-order valence-corrected chi connectivity index (χ3v) is 8.02. The molecule has 0 fully saturated rings. The third-order valence-electron chi connectivity index (χ3n) is 6.16. The fourth-order valence-electron chi connectivity index (χ4n) is 4.40. The summed E-state index contributed by atoms with van der Waals surface area (Å²) in [5, 5.41) is 0. The molecule has 0 aliphatic carbocycles. The Balaban J connectivity index is 2.15. The minimum absolute atomic E-state index is 0.00606. The van der Waals surface area contributed by atoms with Crippen LogP contribution in [-0.2, 0) is 42.2 Å². The lowest BCUT2D eigenvalue weighted by Crippen LogP contribution is -2.28. The van der Waals surface area contributed by atoms with Crippen molar-refractivity contribution in [3.63, 3.8) is 0 Å². The molecule has 200 valence electrons. The first-order valence-corrected chi connectivity index (χ1v) is 12.8. The van der Waals surface area contributed by atoms with E-state index in [0.717, 1.165) is 4.57 Å². The van der Waals surface area contributed by atoms with Crippen molar-refractivity contribution in [2.45, 2.75) is 51.1 Å². The number of aromatic nitrogens is 5. The zero-order valence-electron chi connectivity index (χ0n) is 20.1. The summed E-state index contributed by atoms with van der Waals surface area (Å²) in [4.78, 5) is 20.7. The smallest absolute Gasteiger partial charge is 0.323 e. The van der Waals surface area contributed by atoms with E-state index in [1.54, 1.807) is 0 Å². The van der Waals surface area contributed by atoms with Crippen LogP contribution in [0.2, 0.25) is 0 Å². The highest BCUT2D eigenvalue weighted by atomic mass is 32.2. The number of halogens is 6. The SMILES string of the molecule is CCn1c(C(F)(F)F)cc2nc(-c3cc4nc(C(F)(F)F)n(CC)c4cc3S(=N)(=O)CC)n(C)c2c1=O. The van der Waals surface area contributed by atoms with Crippen LogP contribution in [-0.4, -0.2) is 33.6 Å². The fraction of sp³-hybridized carbons (Fsp3) is 0.409. The predicted octanol–water partition coefficient (Wildman–Crippen LogP) is 5.25. The number of alkyl halides is 6. The summed E-state index contributed by atoms with van der Waals surface area (Å²) >= 11 is 0. The highest BCUT2D eigenvalue weighted by molar-refractivity contribution is 7.92. The minimum atomic E-state index is -4.84. The molecule has 0 spiro atoms. The van der Waals surface area contributed by atoms with Gasteiger partial charge in [0.15, 0.2) is 0 Å². The lowest BCUT2D eigenvalue weighted by molar-refractivity contribution is -0.147. The lowest BCUT2D eigenvalue weighted by Gasteiger charge is -2.14. The van der Waals surface area contributed by atoms with Gasteiger partial charge in [0, 0.05) is 31.5 Å². The highest BCUT2D eigenvalue weighted by Gasteiger charge is 2.38. The second kappa shape index (κ2) is 8.60. The number of imidazole rings is 2. The van der Waals surface area contributed by atoms with Crippen molar-refractivity contribution < 1.29 is 30.6 Å². The quantitative estimate of drug-likeness (QED) is 0.344. The molecular formula is C22H22F6N6O2S. The molecule has 0 saturated heterocycles. The van der Waals surface area contributed by atoms with E-state index in [1.807, 2.05) is 0 Å². The first-order chi connectivity index (χ1) is 17.1. The van der Waals surface area contributed by atoms with Crippen molar-refractivity contribution in [3.8, 4) is 11.4 Å². The van der Waals surface area contributed by atoms with Crippen molar-refractivity contribution >= 4 is 31.8 Å². The van der Waals surface area contributed by atoms with Crippen LogP contribution in [0.4, 0.5) is 26.3 Å². The van der Waals surface area contributed by atoms with Gasteiger partial charge in [0.25, 0.3) is 5.56 Å². The molecule has 3 heterocycles. The lowest BCUT2D eigenvalue weighted by atomic mass is 10.2. The molecular weight excluding hydrogens is 526 g/mol. The molecule has 0 amide bonds. The van der Waals surface area contributed by atoms with E-state index >= 15 is 0 Å². The second-order valence-corrected chi connectivity index (χ2v) is 10.7. The molecule has 1 aromatic carbocycles. The Morgan fingerprint density at radius 1 is 0.919 bits per heavy atom. The molecule has 4 rings (SSSR count). The summed E-state index contributed by atoms with van der Waals surface area (Å²) in [6.07, 6.45) is -9.64. The van der Waals surface area contributed by atoms with Gasteiger partial charge in [-0.1, -0.05) is 6.92 Å². The summed E-state index contributed by atoms with van der Waals surface area (Å²) in [5.74, 6) is -1.51. The number of pyridine rings is 1. The van der Waals surface area contributed by atoms with E-state index in [-0.39, 0.29) is 57.2 Å². The summed E-state index contributed by atoms with van der Waals surface area (Å²) in [6, 6.07) is 3.08. The molecule has 0 bridgehead atoms. The van der Waals surface area contributed by atoms with Crippen molar-refractivity contribution in [3.05, 3.63) is 40.1 Å². The van der Waals surface area contributed by atoms with Crippen molar-refractivity contribution in [2.75, 3.05) is 5.75 Å². The van der Waals surface area contributed by atoms with Crippen LogP contribution in [0.1, 0.15) is 32.3 Å². The molecule has 1 N–H and O–H groups in total. The van der Waals surface area contributed by atoms with Gasteiger partial charge in [-0.3, -0.25) is 4.79 Å². The zero-order chi connectivity index (χ0) is 27.7. The van der Waals surface area contributed by atoms with E-state index in [0.29, 0.717) is 10.6 Å². The molecule has 1 unspecified atom stereocenters. The van der Waals surface area contributed by atoms with Gasteiger partial charge in [-0.25, -0.2) is 19.0 Å². The number of nitrogens with one attached hydrogen (secondary N) is 1. The molecule has 0 aliphatic heterocycles. The Morgan fingerprint density at radius 2 is 1.54 bits per heavy atom. The van der Waals surface area contributed by atoms with Gasteiger partial charge < -0.3 is 13.7 Å². The average Bonchev–Trinajstić information content (AvgIpc) is 3.34. The van der Waals surface area contributed by atoms with Crippen molar-refractivity contribution in [1.82, 2.24) is 23.7 Å². The second-order valence-electron chi connectivity index (χ2n) is 8.28. The first-order valence-electron chi connectivity index (χ1n) is 11.1. The topological polar surface area (TPSA) is 98.6 Å². The molecule has 15 heteroatoms. The summed E-state index contributed by atoms with van der Waals surface area (Å²) in [6.45, 7) is 3.94. The normalized spacial score (nSPS) is 14.5. The Bertz CT molecular complexity index is 1710. The summed E-state index contributed by atoms with van der Waals surface area (Å²) < 4.78 is 106. The Kier molecular flexibility index (Phi) is 6.20. The third kappa shape index (κ3) is 4.18. The molecule has 1 atom stereocenters. The summed E-state index contributed by atoms with van der Waals surface area (Å²) in [5.41, 5.74) is -2.84. The van der Waals surface area contributed by atoms with Crippen LogP contribution in [0.3, 0.4) is 0 Å². The Labute approximate surface area is 206 Å². The van der Waals surface area contributed by atoms with Gasteiger partial charge in [0.1, 0.15) is 17.0 Å². The number of fused-ring (bicyclic) bond motifs is 2. The molecule has 37 heavy (non-hydrogen) atoms. The maximum Gasteiger partial charge on any atom is 0.449 e. The minimum Gasteiger partial charge on any atom is -0.323 e. The average molecular weight is 549 g/mol. The number of benzene rings is 1. The first kappa shape index (κ1) is 26.7. The van der Waals surface area contributed by atoms with Gasteiger partial charge in [-0.15, -0.1) is 0 Å². The molecule has 0 aliphatic rings. The highest BCUT2D eigenvalue weighted by Crippen LogP contribution is 2.37. The van der Waals surface area contributed by atoms with Crippen LogP contribution in [0.5, 0.6) is 0 Å². The van der Waals surface area contributed by atoms with Crippen LogP contribution < -0.4 is 5.56 Å². The fourth-order valence-corrected chi connectivity index (χ4v) is 5.52. The Hall–Kier alpha value is -3.36. The Morgan fingerprint density at radius 3 is 2.05 bits per heavy atom. The maximum absolute atomic E-state index is 13.6. The largest absolute Gasteiger partial charge is 0.449 e. The van der Waals surface area contributed by atoms with Gasteiger partial charge in [0.2, 0.25) is 5.82 Å². The van der Waals surface area contributed by atoms with E-state index in [1.165, 1.54) is 44.5 Å². The summed E-state index contributed by atoms with van der Waals surface area (Å²) in [7, 11) is -2.21. The molecule has 8 nitrogen and oxygen atoms in total. The van der Waals surface area contributed by atoms with Crippen LogP contribution >= 0.6 is 0 Å². The number of aryl methyl sites for hydroxylation is 2. The monoisotopic (exact) mass is 548 g/mol. The van der Waals surface area contributed by atoms with Gasteiger partial charge in [0.05, 0.1) is 31.2 Å². The van der Waals surface area contributed by atoms with Crippen LogP contribution in [0.15, 0.2) is 27.9 Å². The van der Waals surface area contributed by atoms with Gasteiger partial charge in [-0.05, 0) is 32.0 Å². The van der Waals surface area contributed by atoms with Crippen LogP contribution in [0, 0.1) is 4.78 Å². The van der Waals surface area contributed by atoms with E-state index in [2.05, 4.69) is 9.97 Å². The number of rotatable bonds is 5. The van der Waals surface area contributed by atoms with E-state index in [9.17, 15) is 35.3 Å². The maximum atomic E-state index is 13.6. The molecule has 0 saturated carbocycles.